The van der Waals surface area contributed by atoms with Crippen molar-refractivity contribution in [3.05, 3.63) is 45.5 Å². The predicted molar refractivity (Wildman–Crippen MR) is 92.3 cm³/mol. The van der Waals surface area contributed by atoms with Crippen LogP contribution in [0.3, 0.4) is 0 Å². The van der Waals surface area contributed by atoms with Crippen molar-refractivity contribution in [3.8, 4) is 6.07 Å². The third-order valence-corrected chi connectivity index (χ3v) is 5.13. The Balaban J connectivity index is 1.62. The summed E-state index contributed by atoms with van der Waals surface area (Å²) < 4.78 is 1.59. The van der Waals surface area contributed by atoms with Gasteiger partial charge in [0.15, 0.2) is 5.82 Å². The summed E-state index contributed by atoms with van der Waals surface area (Å²) >= 11 is 0. The van der Waals surface area contributed by atoms with Gasteiger partial charge in [-0.25, -0.2) is 4.68 Å². The van der Waals surface area contributed by atoms with E-state index < -0.39 is 0 Å². The molecule has 1 unspecified atom stereocenters. The van der Waals surface area contributed by atoms with Crippen LogP contribution < -0.4 is 10.5 Å². The molecule has 0 aromatic carbocycles. The van der Waals surface area contributed by atoms with E-state index in [2.05, 4.69) is 26.3 Å². The number of nitriles is 1. The highest BCUT2D eigenvalue weighted by Gasteiger charge is 2.29. The molecule has 2 aromatic heterocycles. The molecule has 0 N–H and O–H groups in total. The lowest BCUT2D eigenvalue weighted by Crippen LogP contribution is -2.38. The summed E-state index contributed by atoms with van der Waals surface area (Å²) in [4.78, 5) is 14.5. The molecule has 1 aliphatic carbocycles. The van der Waals surface area contributed by atoms with E-state index in [1.165, 1.54) is 6.20 Å². The minimum Gasteiger partial charge on any atom is -0.349 e. The number of fused-ring (bicyclic) bond motifs is 1. The standard InChI is InChI=1S/C18H20N6O/c19-11-14-7-8-20-21-18(14)23-9-3-5-15(23)12-24-17(25)10-13-4-1-2-6-16(13)22-24/h7-8,10,15H,1-6,9,12H2. The highest BCUT2D eigenvalue weighted by Crippen LogP contribution is 2.26. The number of aromatic nitrogens is 4. The van der Waals surface area contributed by atoms with E-state index in [-0.39, 0.29) is 11.6 Å². The Morgan fingerprint density at radius 2 is 2.16 bits per heavy atom. The van der Waals surface area contributed by atoms with Crippen LogP contribution in [-0.4, -0.2) is 32.6 Å². The zero-order valence-electron chi connectivity index (χ0n) is 14.1. The van der Waals surface area contributed by atoms with Gasteiger partial charge >= 0.3 is 0 Å². The van der Waals surface area contributed by atoms with Gasteiger partial charge in [0.2, 0.25) is 0 Å². The van der Waals surface area contributed by atoms with Gasteiger partial charge < -0.3 is 4.90 Å². The van der Waals surface area contributed by atoms with Crippen LogP contribution in [-0.2, 0) is 19.4 Å². The molecule has 0 amide bonds. The molecule has 1 aliphatic heterocycles. The van der Waals surface area contributed by atoms with Crippen molar-refractivity contribution in [2.75, 3.05) is 11.4 Å². The zero-order valence-corrected chi connectivity index (χ0v) is 14.1. The van der Waals surface area contributed by atoms with E-state index in [1.807, 2.05) is 0 Å². The molecule has 25 heavy (non-hydrogen) atoms. The first kappa shape index (κ1) is 15.8. The van der Waals surface area contributed by atoms with Gasteiger partial charge in [-0.2, -0.15) is 15.5 Å². The van der Waals surface area contributed by atoms with Crippen molar-refractivity contribution in [2.45, 2.75) is 51.1 Å². The number of rotatable bonds is 3. The summed E-state index contributed by atoms with van der Waals surface area (Å²) in [5, 5.41) is 22.0. The summed E-state index contributed by atoms with van der Waals surface area (Å²) in [5.74, 6) is 0.610. The molecule has 0 saturated carbocycles. The van der Waals surface area contributed by atoms with Crippen molar-refractivity contribution < 1.29 is 0 Å². The van der Waals surface area contributed by atoms with Gasteiger partial charge in [-0.05, 0) is 50.2 Å². The van der Waals surface area contributed by atoms with E-state index in [9.17, 15) is 10.1 Å². The molecule has 0 bridgehead atoms. The van der Waals surface area contributed by atoms with Crippen LogP contribution in [0.1, 0.15) is 42.5 Å². The molecular weight excluding hydrogens is 316 g/mol. The molecule has 128 valence electrons. The number of aryl methyl sites for hydroxylation is 2. The lowest BCUT2D eigenvalue weighted by Gasteiger charge is -2.26. The average molecular weight is 336 g/mol. The van der Waals surface area contributed by atoms with Crippen molar-refractivity contribution >= 4 is 5.82 Å². The Morgan fingerprint density at radius 3 is 3.04 bits per heavy atom. The molecule has 3 heterocycles. The molecular formula is C18H20N6O. The van der Waals surface area contributed by atoms with Gasteiger partial charge in [0.25, 0.3) is 5.56 Å². The molecule has 2 aliphatic rings. The fourth-order valence-corrected chi connectivity index (χ4v) is 3.86. The summed E-state index contributed by atoms with van der Waals surface area (Å²) in [6.07, 6.45) is 7.67. The van der Waals surface area contributed by atoms with Crippen LogP contribution in [0.25, 0.3) is 0 Å². The molecule has 1 atom stereocenters. The minimum atomic E-state index is -0.0350. The molecule has 0 radical (unpaired) electrons. The van der Waals surface area contributed by atoms with E-state index in [0.29, 0.717) is 17.9 Å². The maximum atomic E-state index is 12.4. The summed E-state index contributed by atoms with van der Waals surface area (Å²) in [6.45, 7) is 1.34. The third-order valence-electron chi connectivity index (χ3n) is 5.13. The predicted octanol–water partition coefficient (Wildman–Crippen LogP) is 1.45. The van der Waals surface area contributed by atoms with Gasteiger partial charge in [-0.15, -0.1) is 5.10 Å². The van der Waals surface area contributed by atoms with Gasteiger partial charge in [0.1, 0.15) is 6.07 Å². The second kappa shape index (κ2) is 6.63. The molecule has 7 nitrogen and oxygen atoms in total. The van der Waals surface area contributed by atoms with Crippen molar-refractivity contribution in [3.63, 3.8) is 0 Å². The van der Waals surface area contributed by atoms with Crippen molar-refractivity contribution in [2.24, 2.45) is 0 Å². The largest absolute Gasteiger partial charge is 0.349 e. The summed E-state index contributed by atoms with van der Waals surface area (Å²) in [7, 11) is 0. The maximum absolute atomic E-state index is 12.4. The number of hydrogen-bond donors (Lipinski definition) is 0. The Hall–Kier alpha value is -2.75. The van der Waals surface area contributed by atoms with Crippen LogP contribution >= 0.6 is 0 Å². The van der Waals surface area contributed by atoms with Crippen LogP contribution in [0.4, 0.5) is 5.82 Å². The quantitative estimate of drug-likeness (QED) is 0.843. The Kier molecular flexibility index (Phi) is 4.18. The first-order chi connectivity index (χ1) is 12.3. The van der Waals surface area contributed by atoms with Crippen LogP contribution in [0.15, 0.2) is 23.1 Å². The minimum absolute atomic E-state index is 0.0350. The van der Waals surface area contributed by atoms with E-state index >= 15 is 0 Å². The topological polar surface area (TPSA) is 87.7 Å². The molecule has 7 heteroatoms. The van der Waals surface area contributed by atoms with E-state index in [1.54, 1.807) is 16.8 Å². The molecule has 1 saturated heterocycles. The Bertz CT molecular complexity index is 884. The summed E-state index contributed by atoms with van der Waals surface area (Å²) in [6, 6.07) is 5.72. The number of nitrogens with zero attached hydrogens (tertiary/aromatic N) is 6. The zero-order chi connectivity index (χ0) is 17.2. The normalized spacial score (nSPS) is 19.5. The second-order valence-corrected chi connectivity index (χ2v) is 6.71. The van der Waals surface area contributed by atoms with Gasteiger partial charge in [0.05, 0.1) is 30.0 Å². The van der Waals surface area contributed by atoms with E-state index in [0.717, 1.165) is 56.3 Å². The van der Waals surface area contributed by atoms with Gasteiger partial charge in [-0.3, -0.25) is 4.79 Å². The third kappa shape index (κ3) is 3.00. The molecule has 1 fully saturated rings. The summed E-state index contributed by atoms with van der Waals surface area (Å²) in [5.41, 5.74) is 2.66. The molecule has 2 aromatic rings. The Morgan fingerprint density at radius 1 is 1.28 bits per heavy atom. The molecule has 0 spiro atoms. The van der Waals surface area contributed by atoms with Crippen LogP contribution in [0.2, 0.25) is 0 Å². The van der Waals surface area contributed by atoms with Crippen LogP contribution in [0.5, 0.6) is 0 Å². The van der Waals surface area contributed by atoms with Gasteiger partial charge in [0, 0.05) is 12.6 Å². The highest BCUT2D eigenvalue weighted by molar-refractivity contribution is 5.53. The first-order valence-corrected chi connectivity index (χ1v) is 8.84. The van der Waals surface area contributed by atoms with Crippen molar-refractivity contribution in [1.29, 1.82) is 5.26 Å². The highest BCUT2D eigenvalue weighted by atomic mass is 16.1. The Labute approximate surface area is 145 Å². The van der Waals surface area contributed by atoms with Gasteiger partial charge in [-0.1, -0.05) is 0 Å². The SMILES string of the molecule is N#Cc1ccnnc1N1CCCC1Cn1nc2c(cc1=O)CCCC2. The van der Waals surface area contributed by atoms with E-state index in [4.69, 9.17) is 0 Å². The average Bonchev–Trinajstić information content (AvgIpc) is 3.10. The van der Waals surface area contributed by atoms with Crippen molar-refractivity contribution in [1.82, 2.24) is 20.0 Å². The monoisotopic (exact) mass is 336 g/mol. The lowest BCUT2D eigenvalue weighted by molar-refractivity contribution is 0.471. The molecule has 4 rings (SSSR count). The second-order valence-electron chi connectivity index (χ2n) is 6.71. The maximum Gasteiger partial charge on any atom is 0.267 e. The number of anilines is 1. The smallest absolute Gasteiger partial charge is 0.267 e. The first-order valence-electron chi connectivity index (χ1n) is 8.84. The lowest BCUT2D eigenvalue weighted by atomic mass is 9.97. The fraction of sp³-hybridized carbons (Fsp3) is 0.500. The fourth-order valence-electron chi connectivity index (χ4n) is 3.86. The van der Waals surface area contributed by atoms with Crippen LogP contribution in [0, 0.1) is 11.3 Å². The number of hydrogen-bond acceptors (Lipinski definition) is 6.